The number of nitrogen functional groups attached to an aromatic ring is 1. The van der Waals surface area contributed by atoms with Gasteiger partial charge in [0.05, 0.1) is 12.4 Å². The van der Waals surface area contributed by atoms with E-state index in [9.17, 15) is 8.42 Å². The van der Waals surface area contributed by atoms with Crippen molar-refractivity contribution in [3.05, 3.63) is 18.7 Å². The lowest BCUT2D eigenvalue weighted by atomic mass is 10.6. The van der Waals surface area contributed by atoms with Crippen LogP contribution in [0.3, 0.4) is 0 Å². The van der Waals surface area contributed by atoms with Crippen LogP contribution in [0.5, 0.6) is 0 Å². The molecule has 2 aromatic rings. The summed E-state index contributed by atoms with van der Waals surface area (Å²) in [7, 11) is -3.74. The summed E-state index contributed by atoms with van der Waals surface area (Å²) in [5, 5.41) is 9.19. The van der Waals surface area contributed by atoms with Crippen molar-refractivity contribution >= 4 is 21.5 Å². The fraction of sp³-hybridized carbons (Fsp3) is 0. The summed E-state index contributed by atoms with van der Waals surface area (Å²) in [5.41, 5.74) is 5.60. The molecular weight excluding hydrogens is 222 g/mol. The molecule has 9 heteroatoms. The highest BCUT2D eigenvalue weighted by molar-refractivity contribution is 7.92. The molecule has 0 aromatic carbocycles. The van der Waals surface area contributed by atoms with Gasteiger partial charge in [-0.2, -0.15) is 5.10 Å². The molecule has 0 amide bonds. The average molecular weight is 229 g/mol. The van der Waals surface area contributed by atoms with Gasteiger partial charge in [-0.1, -0.05) is 5.16 Å². The molecule has 0 saturated carbocycles. The topological polar surface area (TPSA) is 127 Å². The van der Waals surface area contributed by atoms with Crippen LogP contribution >= 0.6 is 0 Å². The van der Waals surface area contributed by atoms with E-state index in [0.717, 1.165) is 12.5 Å². The maximum atomic E-state index is 11.7. The number of nitrogens with one attached hydrogen (secondary N) is 2. The zero-order valence-electron chi connectivity index (χ0n) is 7.34. The zero-order valence-corrected chi connectivity index (χ0v) is 8.15. The largest absolute Gasteiger partial charge is 0.383 e. The Hall–Kier alpha value is -2.03. The van der Waals surface area contributed by atoms with Crippen LogP contribution in [-0.4, -0.2) is 23.8 Å². The van der Waals surface area contributed by atoms with Crippen LogP contribution in [-0.2, 0) is 10.0 Å². The molecule has 0 fully saturated rings. The van der Waals surface area contributed by atoms with Crippen LogP contribution in [0.25, 0.3) is 0 Å². The maximum absolute atomic E-state index is 11.7. The number of aromatic nitrogens is 3. The third kappa shape index (κ3) is 1.76. The number of H-pyrrole nitrogens is 1. The summed E-state index contributed by atoms with van der Waals surface area (Å²) in [6.07, 6.45) is 3.51. The van der Waals surface area contributed by atoms with Crippen LogP contribution in [0.4, 0.5) is 11.5 Å². The van der Waals surface area contributed by atoms with E-state index in [4.69, 9.17) is 5.73 Å². The first-order valence-electron chi connectivity index (χ1n) is 3.80. The minimum atomic E-state index is -3.74. The molecular formula is C6H7N5O3S. The lowest BCUT2D eigenvalue weighted by Crippen LogP contribution is -2.13. The Labute approximate surface area is 84.5 Å². The maximum Gasteiger partial charge on any atom is 0.267 e. The summed E-state index contributed by atoms with van der Waals surface area (Å²) in [4.78, 5) is -0.122. The molecule has 0 unspecified atom stereocenters. The molecule has 0 aliphatic heterocycles. The highest BCUT2D eigenvalue weighted by Gasteiger charge is 2.19. The second-order valence-electron chi connectivity index (χ2n) is 2.67. The van der Waals surface area contributed by atoms with E-state index in [2.05, 4.69) is 24.6 Å². The Morgan fingerprint density at radius 1 is 1.47 bits per heavy atom. The lowest BCUT2D eigenvalue weighted by molar-refractivity contribution is 0.420. The van der Waals surface area contributed by atoms with Crippen molar-refractivity contribution in [3.63, 3.8) is 0 Å². The van der Waals surface area contributed by atoms with Crippen LogP contribution < -0.4 is 10.5 Å². The molecule has 0 bridgehead atoms. The molecule has 8 nitrogen and oxygen atoms in total. The standard InChI is InChI=1S/C6H7N5O3S/c7-6-5(2-8-10-6)15(12,13)11-4-1-9-14-3-4/h1-3,11H,(H3,7,8,10). The first-order valence-corrected chi connectivity index (χ1v) is 5.29. The van der Waals surface area contributed by atoms with Gasteiger partial charge in [0.25, 0.3) is 10.0 Å². The van der Waals surface area contributed by atoms with E-state index in [1.807, 2.05) is 0 Å². The fourth-order valence-electron chi connectivity index (χ4n) is 0.965. The molecule has 0 aliphatic rings. The Bertz CT molecular complexity index is 543. The minimum Gasteiger partial charge on any atom is -0.383 e. The van der Waals surface area contributed by atoms with Gasteiger partial charge >= 0.3 is 0 Å². The molecule has 2 rings (SSSR count). The molecule has 15 heavy (non-hydrogen) atoms. The third-order valence-corrected chi connectivity index (χ3v) is 3.02. The van der Waals surface area contributed by atoms with Gasteiger partial charge in [-0.25, -0.2) is 8.42 Å². The predicted molar refractivity (Wildman–Crippen MR) is 50.3 cm³/mol. The molecule has 0 saturated heterocycles. The fourth-order valence-corrected chi connectivity index (χ4v) is 2.01. The van der Waals surface area contributed by atoms with E-state index < -0.39 is 10.0 Å². The molecule has 2 heterocycles. The Kier molecular flexibility index (Phi) is 2.08. The van der Waals surface area contributed by atoms with Gasteiger partial charge in [0.2, 0.25) is 0 Å². The van der Waals surface area contributed by atoms with Crippen molar-refractivity contribution in [3.8, 4) is 0 Å². The number of aromatic amines is 1. The van der Waals surface area contributed by atoms with Gasteiger partial charge in [0, 0.05) is 0 Å². The van der Waals surface area contributed by atoms with Gasteiger partial charge in [0.15, 0.2) is 0 Å². The van der Waals surface area contributed by atoms with Gasteiger partial charge in [-0.3, -0.25) is 9.82 Å². The van der Waals surface area contributed by atoms with Crippen molar-refractivity contribution in [1.29, 1.82) is 0 Å². The number of nitrogens with zero attached hydrogens (tertiary/aromatic N) is 2. The summed E-state index contributed by atoms with van der Waals surface area (Å²) < 4.78 is 30.0. The van der Waals surface area contributed by atoms with E-state index in [1.165, 1.54) is 6.20 Å². The molecule has 4 N–H and O–H groups in total. The van der Waals surface area contributed by atoms with Gasteiger partial charge in [-0.05, 0) is 0 Å². The molecule has 80 valence electrons. The first kappa shape index (κ1) is 9.52. The number of hydrogen-bond acceptors (Lipinski definition) is 6. The van der Waals surface area contributed by atoms with Crippen molar-refractivity contribution in [2.75, 3.05) is 10.5 Å². The highest BCUT2D eigenvalue weighted by Crippen LogP contribution is 2.18. The van der Waals surface area contributed by atoms with Crippen molar-refractivity contribution in [1.82, 2.24) is 15.4 Å². The van der Waals surface area contributed by atoms with E-state index in [1.54, 1.807) is 0 Å². The minimum absolute atomic E-state index is 0.0287. The van der Waals surface area contributed by atoms with Crippen LogP contribution in [0.15, 0.2) is 28.1 Å². The Morgan fingerprint density at radius 3 is 2.80 bits per heavy atom. The second-order valence-corrected chi connectivity index (χ2v) is 4.32. The number of sulfonamides is 1. The number of rotatable bonds is 3. The Balaban J connectivity index is 2.33. The summed E-state index contributed by atoms with van der Waals surface area (Å²) in [5.74, 6) is -0.0287. The van der Waals surface area contributed by atoms with Gasteiger partial charge < -0.3 is 10.3 Å². The first-order chi connectivity index (χ1) is 7.09. The monoisotopic (exact) mass is 229 g/mol. The van der Waals surface area contributed by atoms with E-state index in [0.29, 0.717) is 0 Å². The summed E-state index contributed by atoms with van der Waals surface area (Å²) in [6, 6.07) is 0. The van der Waals surface area contributed by atoms with Crippen LogP contribution in [0.2, 0.25) is 0 Å². The van der Waals surface area contributed by atoms with Crippen molar-refractivity contribution in [2.24, 2.45) is 0 Å². The number of hydrogen-bond donors (Lipinski definition) is 3. The summed E-state index contributed by atoms with van der Waals surface area (Å²) in [6.45, 7) is 0. The van der Waals surface area contributed by atoms with Crippen molar-refractivity contribution < 1.29 is 12.9 Å². The van der Waals surface area contributed by atoms with Crippen molar-refractivity contribution in [2.45, 2.75) is 4.90 Å². The number of nitrogens with two attached hydrogens (primary N) is 1. The highest BCUT2D eigenvalue weighted by atomic mass is 32.2. The summed E-state index contributed by atoms with van der Waals surface area (Å²) >= 11 is 0. The van der Waals surface area contributed by atoms with Gasteiger partial charge in [0.1, 0.15) is 22.7 Å². The smallest absolute Gasteiger partial charge is 0.267 e. The molecule has 0 spiro atoms. The molecule has 2 aromatic heterocycles. The van der Waals surface area contributed by atoms with Crippen LogP contribution in [0, 0.1) is 0 Å². The normalized spacial score (nSPS) is 11.5. The van der Waals surface area contributed by atoms with E-state index >= 15 is 0 Å². The lowest BCUT2D eigenvalue weighted by Gasteiger charge is -2.02. The SMILES string of the molecule is Nc1[nH]ncc1S(=O)(=O)Nc1cnoc1. The average Bonchev–Trinajstić information content (AvgIpc) is 2.75. The quantitative estimate of drug-likeness (QED) is 0.667. The zero-order chi connectivity index (χ0) is 10.9. The van der Waals surface area contributed by atoms with E-state index in [-0.39, 0.29) is 16.4 Å². The number of anilines is 2. The second kappa shape index (κ2) is 3.28. The third-order valence-electron chi connectivity index (χ3n) is 1.61. The molecule has 0 aliphatic carbocycles. The Morgan fingerprint density at radius 2 is 2.27 bits per heavy atom. The van der Waals surface area contributed by atoms with Gasteiger partial charge in [-0.15, -0.1) is 0 Å². The molecule has 0 radical (unpaired) electrons. The van der Waals surface area contributed by atoms with Crippen LogP contribution in [0.1, 0.15) is 0 Å². The predicted octanol–water partition coefficient (Wildman–Crippen LogP) is -0.219. The molecule has 0 atom stereocenters.